The zero-order chi connectivity index (χ0) is 16.6. The summed E-state index contributed by atoms with van der Waals surface area (Å²) < 4.78 is 1.64. The Bertz CT molecular complexity index is 770. The highest BCUT2D eigenvalue weighted by Gasteiger charge is 2.30. The van der Waals surface area contributed by atoms with Crippen LogP contribution in [0.5, 0.6) is 0 Å². The zero-order valence-electron chi connectivity index (χ0n) is 13.0. The van der Waals surface area contributed by atoms with Gasteiger partial charge in [0, 0.05) is 32.4 Å². The average molecular weight is 315 g/mol. The number of amides is 1. The number of aromatic nitrogens is 2. The maximum atomic E-state index is 12.5. The van der Waals surface area contributed by atoms with Crippen LogP contribution < -0.4 is 9.80 Å². The summed E-state index contributed by atoms with van der Waals surface area (Å²) in [5.41, 5.74) is 2.10. The van der Waals surface area contributed by atoms with Gasteiger partial charge in [0.25, 0.3) is 5.69 Å². The lowest BCUT2D eigenvalue weighted by Gasteiger charge is -2.35. The first-order chi connectivity index (χ1) is 11.0. The Morgan fingerprint density at radius 2 is 2.09 bits per heavy atom. The molecule has 8 nitrogen and oxygen atoms in total. The third-order valence-electron chi connectivity index (χ3n) is 3.95. The lowest BCUT2D eigenvalue weighted by Crippen LogP contribution is -2.50. The normalized spacial score (nSPS) is 15.1. The lowest BCUT2D eigenvalue weighted by molar-refractivity contribution is -0.384. The molecule has 1 amide bonds. The Labute approximate surface area is 133 Å². The molecular weight excluding hydrogens is 298 g/mol. The summed E-state index contributed by atoms with van der Waals surface area (Å²) in [4.78, 5) is 26.8. The van der Waals surface area contributed by atoms with Crippen molar-refractivity contribution in [3.05, 3.63) is 46.3 Å². The summed E-state index contributed by atoms with van der Waals surface area (Å²) >= 11 is 0. The maximum absolute atomic E-state index is 12.5. The third kappa shape index (κ3) is 2.75. The summed E-state index contributed by atoms with van der Waals surface area (Å²) in [6.07, 6.45) is 3.42. The van der Waals surface area contributed by atoms with Crippen molar-refractivity contribution in [2.45, 2.75) is 6.92 Å². The molecule has 0 N–H and O–H groups in total. The van der Waals surface area contributed by atoms with E-state index in [1.807, 2.05) is 13.0 Å². The number of benzene rings is 1. The number of rotatable bonds is 3. The van der Waals surface area contributed by atoms with Gasteiger partial charge in [-0.05, 0) is 12.5 Å². The zero-order valence-corrected chi connectivity index (χ0v) is 13.0. The van der Waals surface area contributed by atoms with Gasteiger partial charge in [-0.2, -0.15) is 5.10 Å². The highest BCUT2D eigenvalue weighted by molar-refractivity contribution is 5.98. The van der Waals surface area contributed by atoms with Crippen LogP contribution in [0.15, 0.2) is 30.6 Å². The van der Waals surface area contributed by atoms with Crippen molar-refractivity contribution in [2.75, 3.05) is 29.4 Å². The van der Waals surface area contributed by atoms with Crippen LogP contribution in [0, 0.1) is 17.0 Å². The van der Waals surface area contributed by atoms with Gasteiger partial charge in [0.15, 0.2) is 0 Å². The summed E-state index contributed by atoms with van der Waals surface area (Å²) in [7, 11) is 1.79. The topological polar surface area (TPSA) is 84.5 Å². The molecule has 1 aromatic heterocycles. The molecule has 1 saturated heterocycles. The van der Waals surface area contributed by atoms with Gasteiger partial charge in [0.2, 0.25) is 5.91 Å². The first-order valence-corrected chi connectivity index (χ1v) is 7.25. The van der Waals surface area contributed by atoms with Crippen molar-refractivity contribution in [1.82, 2.24) is 9.78 Å². The summed E-state index contributed by atoms with van der Waals surface area (Å²) in [5, 5.41) is 15.3. The molecule has 1 aliphatic heterocycles. The molecule has 0 aliphatic carbocycles. The minimum atomic E-state index is -0.402. The number of nitro groups is 1. The molecule has 8 heteroatoms. The van der Waals surface area contributed by atoms with Crippen LogP contribution in [-0.2, 0) is 11.8 Å². The van der Waals surface area contributed by atoms with E-state index in [2.05, 4.69) is 5.10 Å². The van der Waals surface area contributed by atoms with Crippen molar-refractivity contribution >= 4 is 23.0 Å². The SMILES string of the molecule is Cc1cccc([N+](=O)[O-])c1N1CCN(c2cnn(C)c2)C(=O)C1. The van der Waals surface area contributed by atoms with Crippen molar-refractivity contribution in [3.8, 4) is 0 Å². The molecule has 2 aromatic rings. The van der Waals surface area contributed by atoms with Gasteiger partial charge in [-0.15, -0.1) is 0 Å². The van der Waals surface area contributed by atoms with Crippen LogP contribution in [0.25, 0.3) is 0 Å². The minimum Gasteiger partial charge on any atom is -0.355 e. The van der Waals surface area contributed by atoms with Gasteiger partial charge in [-0.1, -0.05) is 12.1 Å². The van der Waals surface area contributed by atoms with E-state index in [4.69, 9.17) is 0 Å². The molecule has 0 radical (unpaired) electrons. The second-order valence-electron chi connectivity index (χ2n) is 5.54. The number of nitro benzene ring substituents is 1. The smallest absolute Gasteiger partial charge is 0.292 e. The van der Waals surface area contributed by atoms with Crippen molar-refractivity contribution in [1.29, 1.82) is 0 Å². The van der Waals surface area contributed by atoms with Gasteiger partial charge in [0.05, 0.1) is 23.4 Å². The van der Waals surface area contributed by atoms with Crippen LogP contribution in [-0.4, -0.2) is 40.2 Å². The van der Waals surface area contributed by atoms with E-state index in [0.717, 1.165) is 11.3 Å². The number of carbonyl (C=O) groups is 1. The fourth-order valence-corrected chi connectivity index (χ4v) is 2.89. The molecule has 0 unspecified atom stereocenters. The van der Waals surface area contributed by atoms with Crippen molar-refractivity contribution < 1.29 is 9.72 Å². The molecule has 0 bridgehead atoms. The largest absolute Gasteiger partial charge is 0.355 e. The van der Waals surface area contributed by atoms with Gasteiger partial charge in [0.1, 0.15) is 5.69 Å². The Kier molecular flexibility index (Phi) is 3.73. The molecule has 0 atom stereocenters. The molecular formula is C15H17N5O3. The number of hydrogen-bond donors (Lipinski definition) is 0. The predicted octanol–water partition coefficient (Wildman–Crippen LogP) is 1.49. The second-order valence-corrected chi connectivity index (χ2v) is 5.54. The molecule has 1 aromatic carbocycles. The van der Waals surface area contributed by atoms with E-state index in [9.17, 15) is 14.9 Å². The van der Waals surface area contributed by atoms with Gasteiger partial charge in [-0.3, -0.25) is 19.6 Å². The lowest BCUT2D eigenvalue weighted by atomic mass is 10.1. The fourth-order valence-electron chi connectivity index (χ4n) is 2.89. The van der Waals surface area contributed by atoms with Crippen LogP contribution in [0.1, 0.15) is 5.56 Å². The Hall–Kier alpha value is -2.90. The summed E-state index contributed by atoms with van der Waals surface area (Å²) in [6, 6.07) is 4.95. The standard InChI is InChI=1S/C15H17N5O3/c1-11-4-3-5-13(20(22)23)15(11)18-6-7-19(14(21)10-18)12-8-16-17(2)9-12/h3-5,8-9H,6-7,10H2,1-2H3. The molecule has 1 aliphatic rings. The van der Waals surface area contributed by atoms with E-state index in [0.29, 0.717) is 18.8 Å². The van der Waals surface area contributed by atoms with Crippen LogP contribution in [0.3, 0.4) is 0 Å². The summed E-state index contributed by atoms with van der Waals surface area (Å²) in [5.74, 6) is -0.0956. The molecule has 0 spiro atoms. The Balaban J connectivity index is 1.86. The number of carbonyl (C=O) groups excluding carboxylic acids is 1. The second kappa shape index (κ2) is 5.71. The first kappa shape index (κ1) is 15.0. The number of aryl methyl sites for hydroxylation is 2. The molecule has 1 fully saturated rings. The number of piperazine rings is 1. The monoisotopic (exact) mass is 315 g/mol. The van der Waals surface area contributed by atoms with Gasteiger partial charge >= 0.3 is 0 Å². The van der Waals surface area contributed by atoms with Gasteiger partial charge in [-0.25, -0.2) is 0 Å². The average Bonchev–Trinajstić information content (AvgIpc) is 2.93. The highest BCUT2D eigenvalue weighted by atomic mass is 16.6. The Morgan fingerprint density at radius 3 is 2.70 bits per heavy atom. The van der Waals surface area contributed by atoms with Crippen LogP contribution >= 0.6 is 0 Å². The molecule has 23 heavy (non-hydrogen) atoms. The number of para-hydroxylation sites is 1. The number of nitrogens with zero attached hydrogens (tertiary/aromatic N) is 5. The molecule has 0 saturated carbocycles. The van der Waals surface area contributed by atoms with Crippen LogP contribution in [0.2, 0.25) is 0 Å². The highest BCUT2D eigenvalue weighted by Crippen LogP contribution is 2.32. The molecule has 120 valence electrons. The van der Waals surface area contributed by atoms with Crippen molar-refractivity contribution in [3.63, 3.8) is 0 Å². The molecule has 2 heterocycles. The van der Waals surface area contributed by atoms with Crippen LogP contribution in [0.4, 0.5) is 17.1 Å². The van der Waals surface area contributed by atoms with Crippen molar-refractivity contribution in [2.24, 2.45) is 7.05 Å². The fraction of sp³-hybridized carbons (Fsp3) is 0.333. The van der Waals surface area contributed by atoms with E-state index in [1.165, 1.54) is 6.07 Å². The minimum absolute atomic E-state index is 0.0348. The predicted molar refractivity (Wildman–Crippen MR) is 85.6 cm³/mol. The number of anilines is 2. The third-order valence-corrected chi connectivity index (χ3v) is 3.95. The quantitative estimate of drug-likeness (QED) is 0.633. The Morgan fingerprint density at radius 1 is 1.30 bits per heavy atom. The summed E-state index contributed by atoms with van der Waals surface area (Å²) in [6.45, 7) is 2.93. The van der Waals surface area contributed by atoms with E-state index < -0.39 is 4.92 Å². The maximum Gasteiger partial charge on any atom is 0.292 e. The molecule has 3 rings (SSSR count). The van der Waals surface area contributed by atoms with Gasteiger partial charge < -0.3 is 9.80 Å². The van der Waals surface area contributed by atoms with E-state index in [-0.39, 0.29) is 18.1 Å². The van der Waals surface area contributed by atoms with E-state index >= 15 is 0 Å². The first-order valence-electron chi connectivity index (χ1n) is 7.25. The van der Waals surface area contributed by atoms with E-state index in [1.54, 1.807) is 40.0 Å². The number of hydrogen-bond acceptors (Lipinski definition) is 5.